The molecule has 0 amide bonds. The Kier molecular flexibility index (Phi) is 5.70. The van der Waals surface area contributed by atoms with Crippen LogP contribution in [0.3, 0.4) is 0 Å². The Morgan fingerprint density at radius 2 is 2.12 bits per heavy atom. The Morgan fingerprint density at radius 3 is 2.81 bits per heavy atom. The Balaban J connectivity index is 1.57. The molecule has 1 aromatic rings. The predicted molar refractivity (Wildman–Crippen MR) is 101 cm³/mol. The van der Waals surface area contributed by atoms with E-state index in [0.29, 0.717) is 30.4 Å². The molecule has 2 N–H and O–H groups in total. The third-order valence-corrected chi connectivity index (χ3v) is 5.39. The van der Waals surface area contributed by atoms with E-state index in [-0.39, 0.29) is 17.3 Å². The van der Waals surface area contributed by atoms with Crippen molar-refractivity contribution in [1.82, 2.24) is 10.6 Å². The minimum Gasteiger partial charge on any atom is -0.489 e. The fourth-order valence-electron chi connectivity index (χ4n) is 4.09. The van der Waals surface area contributed by atoms with Gasteiger partial charge in [0.2, 0.25) is 0 Å². The van der Waals surface area contributed by atoms with Gasteiger partial charge in [0.25, 0.3) is 0 Å². The molecule has 3 rings (SSSR count). The van der Waals surface area contributed by atoms with Crippen molar-refractivity contribution in [2.75, 3.05) is 19.7 Å². The Morgan fingerprint density at radius 1 is 1.38 bits per heavy atom. The van der Waals surface area contributed by atoms with Crippen molar-refractivity contribution in [3.8, 4) is 5.75 Å². The van der Waals surface area contributed by atoms with Crippen LogP contribution in [0.1, 0.15) is 34.1 Å². The predicted octanol–water partition coefficient (Wildman–Crippen LogP) is 2.96. The minimum absolute atomic E-state index is 0.104. The second-order valence-electron chi connectivity index (χ2n) is 7.79. The van der Waals surface area contributed by atoms with Crippen LogP contribution in [-0.2, 0) is 4.74 Å². The molecule has 5 nitrogen and oxygen atoms in total. The minimum atomic E-state index is -0.265. The van der Waals surface area contributed by atoms with Crippen LogP contribution < -0.4 is 15.4 Å². The highest BCUT2D eigenvalue weighted by molar-refractivity contribution is 5.80. The fourth-order valence-corrected chi connectivity index (χ4v) is 4.09. The summed E-state index contributed by atoms with van der Waals surface area (Å²) in [5, 5.41) is 6.92. The van der Waals surface area contributed by atoms with Crippen LogP contribution in [0.15, 0.2) is 29.3 Å². The lowest BCUT2D eigenvalue weighted by molar-refractivity contribution is -0.106. The maximum absolute atomic E-state index is 13.0. The first-order chi connectivity index (χ1) is 12.4. The molecule has 0 radical (unpaired) electrons. The normalized spacial score (nSPS) is 28.0. The lowest BCUT2D eigenvalue weighted by Gasteiger charge is -2.54. The summed E-state index contributed by atoms with van der Waals surface area (Å²) in [6.45, 7) is 10.7. The third kappa shape index (κ3) is 3.95. The molecule has 0 aromatic heterocycles. The molecule has 1 saturated carbocycles. The van der Waals surface area contributed by atoms with Gasteiger partial charge in [-0.3, -0.25) is 0 Å². The van der Waals surface area contributed by atoms with E-state index >= 15 is 0 Å². The molecular weight excluding hydrogens is 333 g/mol. The molecule has 4 atom stereocenters. The number of halogens is 1. The molecule has 26 heavy (non-hydrogen) atoms. The topological polar surface area (TPSA) is 54.9 Å². The Hall–Kier alpha value is -1.82. The first-order valence-electron chi connectivity index (χ1n) is 9.50. The Bertz CT molecular complexity index is 632. The van der Waals surface area contributed by atoms with Crippen molar-refractivity contribution in [2.24, 2.45) is 16.3 Å². The van der Waals surface area contributed by atoms with Gasteiger partial charge < -0.3 is 20.1 Å². The van der Waals surface area contributed by atoms with Crippen LogP contribution >= 0.6 is 0 Å². The van der Waals surface area contributed by atoms with Crippen molar-refractivity contribution in [3.05, 3.63) is 30.1 Å². The van der Waals surface area contributed by atoms with Gasteiger partial charge in [-0.05, 0) is 44.5 Å². The number of rotatable bonds is 6. The van der Waals surface area contributed by atoms with E-state index in [0.717, 1.165) is 25.5 Å². The number of aliphatic imine (C=N–C) groups is 1. The number of nitrogens with zero attached hydrogens (tertiary/aromatic N) is 1. The van der Waals surface area contributed by atoms with Gasteiger partial charge in [0.1, 0.15) is 17.7 Å². The van der Waals surface area contributed by atoms with Crippen LogP contribution in [0.2, 0.25) is 0 Å². The average molecular weight is 363 g/mol. The first kappa shape index (κ1) is 19.0. The summed E-state index contributed by atoms with van der Waals surface area (Å²) in [6.07, 6.45) is 1.35. The zero-order valence-corrected chi connectivity index (χ0v) is 16.1. The number of hydrogen-bond donors (Lipinski definition) is 2. The van der Waals surface area contributed by atoms with Crippen molar-refractivity contribution < 1.29 is 13.9 Å². The van der Waals surface area contributed by atoms with Crippen molar-refractivity contribution in [3.63, 3.8) is 0 Å². The number of hydrogen-bond acceptors (Lipinski definition) is 3. The van der Waals surface area contributed by atoms with Crippen LogP contribution in [0, 0.1) is 17.2 Å². The summed E-state index contributed by atoms with van der Waals surface area (Å²) >= 11 is 0. The van der Waals surface area contributed by atoms with Crippen LogP contribution in [0.5, 0.6) is 5.75 Å². The van der Waals surface area contributed by atoms with E-state index in [1.807, 2.05) is 6.92 Å². The summed E-state index contributed by atoms with van der Waals surface area (Å²) in [6, 6.07) is 6.43. The first-order valence-corrected chi connectivity index (χ1v) is 9.50. The standard InChI is InChI=1S/C20H30FN3O2/c1-5-22-19(24-17-16-10-11-25-18(16)20(17,3)4)23-12-13(2)26-15-8-6-14(21)7-9-15/h6-9,13,16-18H,5,10-12H2,1-4H3,(H2,22,23,24). The van der Waals surface area contributed by atoms with Crippen LogP contribution in [-0.4, -0.2) is 43.9 Å². The smallest absolute Gasteiger partial charge is 0.191 e. The monoisotopic (exact) mass is 363 g/mol. The lowest BCUT2D eigenvalue weighted by atomic mass is 9.57. The summed E-state index contributed by atoms with van der Waals surface area (Å²) in [4.78, 5) is 4.68. The van der Waals surface area contributed by atoms with Gasteiger partial charge in [0.15, 0.2) is 5.96 Å². The number of guanidine groups is 1. The molecule has 0 spiro atoms. The third-order valence-electron chi connectivity index (χ3n) is 5.39. The van der Waals surface area contributed by atoms with E-state index in [1.54, 1.807) is 12.1 Å². The van der Waals surface area contributed by atoms with Crippen molar-refractivity contribution in [2.45, 2.75) is 52.4 Å². The largest absolute Gasteiger partial charge is 0.489 e. The molecule has 144 valence electrons. The van der Waals surface area contributed by atoms with E-state index in [4.69, 9.17) is 9.47 Å². The maximum Gasteiger partial charge on any atom is 0.191 e. The van der Waals surface area contributed by atoms with Gasteiger partial charge in [-0.25, -0.2) is 9.38 Å². The van der Waals surface area contributed by atoms with Gasteiger partial charge in [-0.1, -0.05) is 13.8 Å². The molecule has 2 fully saturated rings. The summed E-state index contributed by atoms with van der Waals surface area (Å²) < 4.78 is 24.6. The van der Waals surface area contributed by atoms with Gasteiger partial charge >= 0.3 is 0 Å². The second kappa shape index (κ2) is 7.82. The molecule has 1 aliphatic heterocycles. The molecule has 1 aliphatic carbocycles. The summed E-state index contributed by atoms with van der Waals surface area (Å²) in [5.74, 6) is 1.75. The van der Waals surface area contributed by atoms with E-state index in [2.05, 4.69) is 36.4 Å². The van der Waals surface area contributed by atoms with Gasteiger partial charge in [0, 0.05) is 30.5 Å². The summed E-state index contributed by atoms with van der Waals surface area (Å²) in [5.41, 5.74) is 0.105. The molecule has 1 aromatic carbocycles. The SMILES string of the molecule is CCNC(=NCC(C)Oc1ccc(F)cc1)NC1C2CCOC2C1(C)C. The molecule has 1 saturated heterocycles. The zero-order chi connectivity index (χ0) is 18.7. The highest BCUT2D eigenvalue weighted by Crippen LogP contribution is 2.52. The van der Waals surface area contributed by atoms with Gasteiger partial charge in [-0.15, -0.1) is 0 Å². The second-order valence-corrected chi connectivity index (χ2v) is 7.79. The molecular formula is C20H30FN3O2. The average Bonchev–Trinajstić information content (AvgIpc) is 3.06. The molecule has 0 bridgehead atoms. The fraction of sp³-hybridized carbons (Fsp3) is 0.650. The van der Waals surface area contributed by atoms with Crippen LogP contribution in [0.25, 0.3) is 0 Å². The number of ether oxygens (including phenoxy) is 2. The number of benzene rings is 1. The quantitative estimate of drug-likeness (QED) is 0.603. The molecule has 2 aliphatic rings. The van der Waals surface area contributed by atoms with Crippen molar-refractivity contribution in [1.29, 1.82) is 0 Å². The van der Waals surface area contributed by atoms with Crippen LogP contribution in [0.4, 0.5) is 4.39 Å². The highest BCUT2D eigenvalue weighted by Gasteiger charge is 2.59. The van der Waals surface area contributed by atoms with Gasteiger partial charge in [-0.2, -0.15) is 0 Å². The van der Waals surface area contributed by atoms with E-state index < -0.39 is 0 Å². The Labute approximate surface area is 155 Å². The maximum atomic E-state index is 13.0. The highest BCUT2D eigenvalue weighted by atomic mass is 19.1. The zero-order valence-electron chi connectivity index (χ0n) is 16.1. The molecule has 4 unspecified atom stereocenters. The van der Waals surface area contributed by atoms with E-state index in [9.17, 15) is 4.39 Å². The van der Waals surface area contributed by atoms with Crippen molar-refractivity contribution >= 4 is 5.96 Å². The summed E-state index contributed by atoms with van der Waals surface area (Å²) in [7, 11) is 0. The van der Waals surface area contributed by atoms with Gasteiger partial charge in [0.05, 0.1) is 12.6 Å². The lowest BCUT2D eigenvalue weighted by Crippen LogP contribution is -2.68. The molecule has 6 heteroatoms. The molecule has 1 heterocycles. The number of nitrogens with one attached hydrogen (secondary N) is 2. The van der Waals surface area contributed by atoms with E-state index in [1.165, 1.54) is 12.1 Å². The number of fused-ring (bicyclic) bond motifs is 1.